The Morgan fingerprint density at radius 2 is 1.84 bits per heavy atom. The van der Waals surface area contributed by atoms with Gasteiger partial charge in [0.15, 0.2) is 5.76 Å². The van der Waals surface area contributed by atoms with Crippen molar-refractivity contribution >= 4 is 44.4 Å². The van der Waals surface area contributed by atoms with Gasteiger partial charge in [0, 0.05) is 11.4 Å². The van der Waals surface area contributed by atoms with E-state index in [1.54, 1.807) is 30.3 Å². The highest BCUT2D eigenvalue weighted by atomic mass is 79.9. The molecule has 1 aliphatic rings. The molecule has 1 heterocycles. The summed E-state index contributed by atoms with van der Waals surface area (Å²) in [6.45, 7) is 0. The lowest BCUT2D eigenvalue weighted by atomic mass is 10.1. The molecule has 0 atom stereocenters. The van der Waals surface area contributed by atoms with Crippen molar-refractivity contribution in [1.82, 2.24) is 5.32 Å². The molecule has 0 unspecified atom stereocenters. The number of fused-ring (bicyclic) bond motifs is 1. The number of halogens is 1. The molecule has 2 N–H and O–H groups in total. The molecular formula is C19H15BrN2O3. The minimum Gasteiger partial charge on any atom is -0.450 e. The van der Waals surface area contributed by atoms with E-state index in [9.17, 15) is 9.59 Å². The van der Waals surface area contributed by atoms with Crippen LogP contribution < -0.4 is 10.6 Å². The summed E-state index contributed by atoms with van der Waals surface area (Å²) in [6, 6.07) is 14.5. The molecule has 5 nitrogen and oxygen atoms in total. The summed E-state index contributed by atoms with van der Waals surface area (Å²) < 4.78 is 6.43. The minimum absolute atomic E-state index is 0.175. The normalized spacial score (nSPS) is 13.6. The zero-order valence-electron chi connectivity index (χ0n) is 13.2. The molecule has 3 aromatic rings. The summed E-state index contributed by atoms with van der Waals surface area (Å²) in [5.41, 5.74) is 1.53. The van der Waals surface area contributed by atoms with Gasteiger partial charge < -0.3 is 15.1 Å². The monoisotopic (exact) mass is 398 g/mol. The van der Waals surface area contributed by atoms with Crippen LogP contribution in [0.15, 0.2) is 57.4 Å². The van der Waals surface area contributed by atoms with Gasteiger partial charge in [-0.05, 0) is 53.0 Å². The van der Waals surface area contributed by atoms with E-state index < -0.39 is 5.91 Å². The Bertz CT molecular complexity index is 976. The van der Waals surface area contributed by atoms with Gasteiger partial charge in [0.1, 0.15) is 5.58 Å². The topological polar surface area (TPSA) is 71.3 Å². The van der Waals surface area contributed by atoms with Crippen LogP contribution in [0.3, 0.4) is 0 Å². The lowest BCUT2D eigenvalue weighted by molar-refractivity contribution is 0.0952. The lowest BCUT2D eigenvalue weighted by Crippen LogP contribution is -2.26. The molecule has 1 aliphatic carbocycles. The number of benzene rings is 2. The molecule has 25 heavy (non-hydrogen) atoms. The van der Waals surface area contributed by atoms with E-state index >= 15 is 0 Å². The van der Waals surface area contributed by atoms with Gasteiger partial charge in [-0.15, -0.1) is 0 Å². The van der Waals surface area contributed by atoms with Gasteiger partial charge in [0.05, 0.1) is 15.7 Å². The van der Waals surface area contributed by atoms with Gasteiger partial charge in [0.25, 0.3) is 11.8 Å². The van der Waals surface area contributed by atoms with Crippen LogP contribution in [-0.2, 0) is 0 Å². The summed E-state index contributed by atoms with van der Waals surface area (Å²) in [5.74, 6) is -0.375. The lowest BCUT2D eigenvalue weighted by Gasteiger charge is -2.10. The number of carbonyl (C=O) groups is 2. The Balaban J connectivity index is 1.59. The number of hydrogen-bond donors (Lipinski definition) is 2. The Morgan fingerprint density at radius 1 is 1.04 bits per heavy atom. The Kier molecular flexibility index (Phi) is 4.05. The third-order valence-corrected chi connectivity index (χ3v) is 4.68. The SMILES string of the molecule is O=C(Nc1ccccc1C(=O)NC1CC1)c1cc2cccc(Br)c2o1. The van der Waals surface area contributed by atoms with Gasteiger partial charge in [-0.25, -0.2) is 0 Å². The van der Waals surface area contributed by atoms with Gasteiger partial charge in [-0.3, -0.25) is 9.59 Å². The summed E-state index contributed by atoms with van der Waals surface area (Å²) >= 11 is 3.41. The number of furan rings is 1. The first kappa shape index (κ1) is 15.9. The van der Waals surface area contributed by atoms with Gasteiger partial charge >= 0.3 is 0 Å². The van der Waals surface area contributed by atoms with E-state index in [2.05, 4.69) is 26.6 Å². The highest BCUT2D eigenvalue weighted by molar-refractivity contribution is 9.10. The average molecular weight is 399 g/mol. The molecular weight excluding hydrogens is 384 g/mol. The largest absolute Gasteiger partial charge is 0.450 e. The zero-order chi connectivity index (χ0) is 17.4. The molecule has 1 fully saturated rings. The first-order valence-electron chi connectivity index (χ1n) is 8.01. The van der Waals surface area contributed by atoms with Gasteiger partial charge in [-0.1, -0.05) is 24.3 Å². The molecule has 6 heteroatoms. The average Bonchev–Trinajstić information content (AvgIpc) is 3.30. The van der Waals surface area contributed by atoms with Crippen LogP contribution in [0.4, 0.5) is 5.69 Å². The Morgan fingerprint density at radius 3 is 2.60 bits per heavy atom. The van der Waals surface area contributed by atoms with Crippen molar-refractivity contribution in [2.24, 2.45) is 0 Å². The van der Waals surface area contributed by atoms with Crippen molar-refractivity contribution < 1.29 is 14.0 Å². The Labute approximate surface area is 152 Å². The highest BCUT2D eigenvalue weighted by Crippen LogP contribution is 2.28. The number of nitrogens with one attached hydrogen (secondary N) is 2. The van der Waals surface area contributed by atoms with Crippen molar-refractivity contribution in [3.8, 4) is 0 Å². The maximum absolute atomic E-state index is 12.6. The summed E-state index contributed by atoms with van der Waals surface area (Å²) in [5, 5.41) is 6.54. The van der Waals surface area contributed by atoms with Gasteiger partial charge in [-0.2, -0.15) is 0 Å². The number of para-hydroxylation sites is 2. The molecule has 0 radical (unpaired) electrons. The maximum atomic E-state index is 12.6. The van der Waals surface area contributed by atoms with Crippen LogP contribution in [0, 0.1) is 0 Å². The summed E-state index contributed by atoms with van der Waals surface area (Å²) in [6.07, 6.45) is 2.02. The molecule has 1 saturated carbocycles. The van der Waals surface area contributed by atoms with Crippen LogP contribution >= 0.6 is 15.9 Å². The molecule has 0 bridgehead atoms. The predicted octanol–water partition coefficient (Wildman–Crippen LogP) is 4.34. The second kappa shape index (κ2) is 6.37. The third kappa shape index (κ3) is 3.30. The molecule has 1 aromatic heterocycles. The summed E-state index contributed by atoms with van der Waals surface area (Å²) in [7, 11) is 0. The van der Waals surface area contributed by atoms with E-state index in [1.807, 2.05) is 18.2 Å². The first-order valence-corrected chi connectivity index (χ1v) is 8.80. The molecule has 4 rings (SSSR count). The van der Waals surface area contributed by atoms with E-state index in [4.69, 9.17) is 4.42 Å². The highest BCUT2D eigenvalue weighted by Gasteiger charge is 2.25. The number of rotatable bonds is 4. The maximum Gasteiger partial charge on any atom is 0.291 e. The molecule has 2 amide bonds. The van der Waals surface area contributed by atoms with Crippen LogP contribution in [-0.4, -0.2) is 17.9 Å². The fraction of sp³-hybridized carbons (Fsp3) is 0.158. The number of hydrogen-bond acceptors (Lipinski definition) is 3. The van der Waals surface area contributed by atoms with Crippen molar-refractivity contribution in [2.45, 2.75) is 18.9 Å². The zero-order valence-corrected chi connectivity index (χ0v) is 14.8. The summed E-state index contributed by atoms with van der Waals surface area (Å²) in [4.78, 5) is 24.9. The van der Waals surface area contributed by atoms with Crippen molar-refractivity contribution in [2.75, 3.05) is 5.32 Å². The first-order chi connectivity index (χ1) is 12.1. The van der Waals surface area contributed by atoms with Crippen molar-refractivity contribution in [1.29, 1.82) is 0 Å². The molecule has 2 aromatic carbocycles. The van der Waals surface area contributed by atoms with E-state index in [0.717, 1.165) is 22.7 Å². The number of carbonyl (C=O) groups excluding carboxylic acids is 2. The molecule has 0 spiro atoms. The second-order valence-corrected chi connectivity index (χ2v) is 6.87. The fourth-order valence-electron chi connectivity index (χ4n) is 2.60. The van der Waals surface area contributed by atoms with E-state index in [-0.39, 0.29) is 17.7 Å². The van der Waals surface area contributed by atoms with E-state index in [0.29, 0.717) is 16.8 Å². The molecule has 0 aliphatic heterocycles. The Hall–Kier alpha value is -2.60. The quantitative estimate of drug-likeness (QED) is 0.686. The van der Waals surface area contributed by atoms with Crippen molar-refractivity contribution in [3.05, 3.63) is 64.3 Å². The molecule has 0 saturated heterocycles. The van der Waals surface area contributed by atoms with Crippen LogP contribution in [0.5, 0.6) is 0 Å². The number of amides is 2. The van der Waals surface area contributed by atoms with E-state index in [1.165, 1.54) is 0 Å². The second-order valence-electron chi connectivity index (χ2n) is 6.02. The van der Waals surface area contributed by atoms with Crippen LogP contribution in [0.25, 0.3) is 11.0 Å². The van der Waals surface area contributed by atoms with Crippen LogP contribution in [0.2, 0.25) is 0 Å². The minimum atomic E-state index is -0.394. The van der Waals surface area contributed by atoms with Gasteiger partial charge in [0.2, 0.25) is 0 Å². The number of anilines is 1. The third-order valence-electron chi connectivity index (χ3n) is 4.05. The van der Waals surface area contributed by atoms with Crippen LogP contribution in [0.1, 0.15) is 33.8 Å². The standard InChI is InChI=1S/C19H15BrN2O3/c20-14-6-3-4-11-10-16(25-17(11)14)19(24)22-15-7-2-1-5-13(15)18(23)21-12-8-9-12/h1-7,10,12H,8-9H2,(H,21,23)(H,22,24). The fourth-order valence-corrected chi connectivity index (χ4v) is 3.07. The molecule has 126 valence electrons. The smallest absolute Gasteiger partial charge is 0.291 e. The van der Waals surface area contributed by atoms with Crippen molar-refractivity contribution in [3.63, 3.8) is 0 Å². The predicted molar refractivity (Wildman–Crippen MR) is 98.8 cm³/mol.